The molecule has 5 heteroatoms. The molecule has 0 bridgehead atoms. The predicted octanol–water partition coefficient (Wildman–Crippen LogP) is 2.12. The standard InChI is InChI=1S/C12H21N3O2/c1-3-10-4-6-12(16,7-5-10)8-13-11-14-9(2)15-17-11/h10,16H,3-8H2,1-2H3,(H,13,14,15). The second-order valence-electron chi connectivity index (χ2n) is 5.08. The summed E-state index contributed by atoms with van der Waals surface area (Å²) in [5.74, 6) is 1.38. The van der Waals surface area contributed by atoms with Crippen LogP contribution in [0.4, 0.5) is 6.01 Å². The van der Waals surface area contributed by atoms with Crippen LogP contribution in [-0.2, 0) is 0 Å². The average molecular weight is 239 g/mol. The summed E-state index contributed by atoms with van der Waals surface area (Å²) in [6.07, 6.45) is 5.14. The number of aryl methyl sites for hydroxylation is 1. The van der Waals surface area contributed by atoms with Gasteiger partial charge in [-0.3, -0.25) is 0 Å². The van der Waals surface area contributed by atoms with Gasteiger partial charge in [-0.2, -0.15) is 4.98 Å². The molecule has 17 heavy (non-hydrogen) atoms. The fourth-order valence-corrected chi connectivity index (χ4v) is 2.41. The van der Waals surface area contributed by atoms with Crippen molar-refractivity contribution in [2.45, 2.75) is 51.6 Å². The number of hydrogen-bond donors (Lipinski definition) is 2. The van der Waals surface area contributed by atoms with Gasteiger partial charge in [-0.05, 0) is 38.5 Å². The average Bonchev–Trinajstić information content (AvgIpc) is 2.74. The summed E-state index contributed by atoms with van der Waals surface area (Å²) >= 11 is 0. The van der Waals surface area contributed by atoms with E-state index in [9.17, 15) is 5.11 Å². The van der Waals surface area contributed by atoms with Gasteiger partial charge in [0, 0.05) is 6.54 Å². The molecular weight excluding hydrogens is 218 g/mol. The molecule has 0 amide bonds. The minimum atomic E-state index is -0.617. The normalized spacial score (nSPS) is 29.2. The molecule has 0 unspecified atom stereocenters. The summed E-state index contributed by atoms with van der Waals surface area (Å²) in [6, 6.07) is 0.397. The molecule has 1 heterocycles. The zero-order valence-electron chi connectivity index (χ0n) is 10.6. The number of aromatic nitrogens is 2. The Balaban J connectivity index is 1.82. The molecule has 96 valence electrons. The minimum absolute atomic E-state index is 0.397. The van der Waals surface area contributed by atoms with Crippen LogP contribution in [0.3, 0.4) is 0 Å². The lowest BCUT2D eigenvalue weighted by Crippen LogP contribution is -2.40. The largest absolute Gasteiger partial charge is 0.388 e. The highest BCUT2D eigenvalue weighted by atomic mass is 16.5. The number of nitrogens with zero attached hydrogens (tertiary/aromatic N) is 2. The quantitative estimate of drug-likeness (QED) is 0.842. The summed E-state index contributed by atoms with van der Waals surface area (Å²) in [5.41, 5.74) is -0.617. The van der Waals surface area contributed by atoms with Gasteiger partial charge in [-0.25, -0.2) is 0 Å². The van der Waals surface area contributed by atoms with Gasteiger partial charge in [0.15, 0.2) is 5.82 Å². The fraction of sp³-hybridized carbons (Fsp3) is 0.833. The van der Waals surface area contributed by atoms with Crippen LogP contribution in [0.2, 0.25) is 0 Å². The van der Waals surface area contributed by atoms with E-state index in [2.05, 4.69) is 22.4 Å². The molecule has 2 N–H and O–H groups in total. The molecule has 1 aliphatic rings. The summed E-state index contributed by atoms with van der Waals surface area (Å²) < 4.78 is 4.96. The van der Waals surface area contributed by atoms with E-state index in [0.717, 1.165) is 31.6 Å². The van der Waals surface area contributed by atoms with Crippen LogP contribution in [0.1, 0.15) is 44.9 Å². The van der Waals surface area contributed by atoms with Gasteiger partial charge < -0.3 is 14.9 Å². The Labute approximate surface area is 102 Å². The van der Waals surface area contributed by atoms with Crippen molar-refractivity contribution in [3.8, 4) is 0 Å². The molecule has 1 aromatic heterocycles. The number of hydrogen-bond acceptors (Lipinski definition) is 5. The molecule has 0 spiro atoms. The monoisotopic (exact) mass is 239 g/mol. The van der Waals surface area contributed by atoms with Crippen molar-refractivity contribution in [1.29, 1.82) is 0 Å². The molecule has 1 saturated carbocycles. The van der Waals surface area contributed by atoms with E-state index in [4.69, 9.17) is 4.52 Å². The Morgan fingerprint density at radius 1 is 1.47 bits per heavy atom. The van der Waals surface area contributed by atoms with E-state index in [1.165, 1.54) is 6.42 Å². The molecule has 2 rings (SSSR count). The van der Waals surface area contributed by atoms with E-state index in [1.807, 2.05) is 0 Å². The molecule has 0 saturated heterocycles. The number of aliphatic hydroxyl groups is 1. The van der Waals surface area contributed by atoms with E-state index in [-0.39, 0.29) is 0 Å². The zero-order valence-corrected chi connectivity index (χ0v) is 10.6. The van der Waals surface area contributed by atoms with Crippen molar-refractivity contribution in [3.63, 3.8) is 0 Å². The van der Waals surface area contributed by atoms with Crippen LogP contribution in [0.15, 0.2) is 4.52 Å². The van der Waals surface area contributed by atoms with Crippen LogP contribution in [-0.4, -0.2) is 27.4 Å². The van der Waals surface area contributed by atoms with Crippen molar-refractivity contribution >= 4 is 6.01 Å². The molecule has 5 nitrogen and oxygen atoms in total. The second kappa shape index (κ2) is 5.04. The van der Waals surface area contributed by atoms with Gasteiger partial charge in [0.2, 0.25) is 0 Å². The van der Waals surface area contributed by atoms with Gasteiger partial charge in [0.05, 0.1) is 5.60 Å². The third-order valence-corrected chi connectivity index (χ3v) is 3.71. The summed E-state index contributed by atoms with van der Waals surface area (Å²) in [6.45, 7) is 4.48. The van der Waals surface area contributed by atoms with Crippen molar-refractivity contribution in [2.75, 3.05) is 11.9 Å². The Bertz CT molecular complexity index is 356. The molecule has 1 aromatic rings. The first-order valence-electron chi connectivity index (χ1n) is 6.38. The van der Waals surface area contributed by atoms with Crippen LogP contribution in [0.25, 0.3) is 0 Å². The zero-order chi connectivity index (χ0) is 12.3. The van der Waals surface area contributed by atoms with Gasteiger partial charge >= 0.3 is 6.01 Å². The Morgan fingerprint density at radius 3 is 2.71 bits per heavy atom. The molecule has 0 aliphatic heterocycles. The predicted molar refractivity (Wildman–Crippen MR) is 64.7 cm³/mol. The van der Waals surface area contributed by atoms with Crippen molar-refractivity contribution < 1.29 is 9.63 Å². The van der Waals surface area contributed by atoms with Crippen LogP contribution in [0, 0.1) is 12.8 Å². The maximum absolute atomic E-state index is 10.4. The molecule has 1 fully saturated rings. The highest BCUT2D eigenvalue weighted by Crippen LogP contribution is 2.33. The van der Waals surface area contributed by atoms with Crippen molar-refractivity contribution in [1.82, 2.24) is 10.1 Å². The molecule has 1 aliphatic carbocycles. The Morgan fingerprint density at radius 2 is 2.18 bits per heavy atom. The second-order valence-corrected chi connectivity index (χ2v) is 5.08. The van der Waals surface area contributed by atoms with Crippen molar-refractivity contribution in [2.24, 2.45) is 5.92 Å². The minimum Gasteiger partial charge on any atom is -0.388 e. The van der Waals surface area contributed by atoms with Crippen LogP contribution < -0.4 is 5.32 Å². The number of anilines is 1. The van der Waals surface area contributed by atoms with Crippen LogP contribution in [0.5, 0.6) is 0 Å². The smallest absolute Gasteiger partial charge is 0.321 e. The van der Waals surface area contributed by atoms with Gasteiger partial charge in [-0.1, -0.05) is 18.5 Å². The van der Waals surface area contributed by atoms with E-state index >= 15 is 0 Å². The Kier molecular flexibility index (Phi) is 3.66. The first kappa shape index (κ1) is 12.4. The number of rotatable bonds is 4. The SMILES string of the molecule is CCC1CCC(O)(CNc2nc(C)no2)CC1. The third-order valence-electron chi connectivity index (χ3n) is 3.71. The topological polar surface area (TPSA) is 71.2 Å². The highest BCUT2D eigenvalue weighted by molar-refractivity contribution is 5.19. The lowest BCUT2D eigenvalue weighted by molar-refractivity contribution is 0.00182. The van der Waals surface area contributed by atoms with E-state index in [0.29, 0.717) is 18.4 Å². The maximum atomic E-state index is 10.4. The van der Waals surface area contributed by atoms with Gasteiger partial charge in [0.25, 0.3) is 0 Å². The first-order valence-corrected chi connectivity index (χ1v) is 6.38. The molecular formula is C12H21N3O2. The van der Waals surface area contributed by atoms with Crippen molar-refractivity contribution in [3.05, 3.63) is 5.82 Å². The van der Waals surface area contributed by atoms with Gasteiger partial charge in [-0.15, -0.1) is 0 Å². The molecule has 0 atom stereocenters. The molecule has 0 aromatic carbocycles. The van der Waals surface area contributed by atoms with Gasteiger partial charge in [0.1, 0.15) is 0 Å². The first-order chi connectivity index (χ1) is 8.11. The maximum Gasteiger partial charge on any atom is 0.321 e. The fourth-order valence-electron chi connectivity index (χ4n) is 2.41. The summed E-state index contributed by atoms with van der Waals surface area (Å²) in [7, 11) is 0. The van der Waals surface area contributed by atoms with Crippen LogP contribution >= 0.6 is 0 Å². The highest BCUT2D eigenvalue weighted by Gasteiger charge is 2.32. The van der Waals surface area contributed by atoms with E-state index < -0.39 is 5.60 Å². The summed E-state index contributed by atoms with van der Waals surface area (Å²) in [5, 5.41) is 17.1. The van der Waals surface area contributed by atoms with E-state index in [1.54, 1.807) is 6.92 Å². The lowest BCUT2D eigenvalue weighted by Gasteiger charge is -2.35. The third kappa shape index (κ3) is 3.19. The molecule has 0 radical (unpaired) electrons. The summed E-state index contributed by atoms with van der Waals surface area (Å²) in [4.78, 5) is 4.06. The Hall–Kier alpha value is -1.10. The lowest BCUT2D eigenvalue weighted by atomic mass is 9.78. The number of nitrogens with one attached hydrogen (secondary N) is 1.